The molecule has 2 aromatic heterocycles. The summed E-state index contributed by atoms with van der Waals surface area (Å²) in [5.41, 5.74) is 8.83. The number of aryl methyl sites for hydroxylation is 1. The summed E-state index contributed by atoms with van der Waals surface area (Å²) in [7, 11) is 1.84. The van der Waals surface area contributed by atoms with Gasteiger partial charge in [-0.2, -0.15) is 5.10 Å². The predicted octanol–water partition coefficient (Wildman–Crippen LogP) is 4.24. The van der Waals surface area contributed by atoms with Gasteiger partial charge >= 0.3 is 0 Å². The van der Waals surface area contributed by atoms with Crippen molar-refractivity contribution in [3.63, 3.8) is 0 Å². The van der Waals surface area contributed by atoms with Gasteiger partial charge < -0.3 is 5.73 Å². The Balaban J connectivity index is 2.56. The third-order valence-electron chi connectivity index (χ3n) is 2.72. The lowest BCUT2D eigenvalue weighted by atomic mass is 10.0. The van der Waals surface area contributed by atoms with Crippen LogP contribution in [0.4, 0.5) is 5.82 Å². The van der Waals surface area contributed by atoms with E-state index >= 15 is 0 Å². The van der Waals surface area contributed by atoms with Crippen molar-refractivity contribution in [3.05, 3.63) is 20.3 Å². The van der Waals surface area contributed by atoms with Crippen molar-refractivity contribution in [3.8, 4) is 11.3 Å². The second-order valence-corrected chi connectivity index (χ2v) is 6.96. The second kappa shape index (κ2) is 5.11. The van der Waals surface area contributed by atoms with Crippen LogP contribution in [0.3, 0.4) is 0 Å². The highest BCUT2D eigenvalue weighted by molar-refractivity contribution is 7.20. The SMILES string of the molecule is CC(C)Cc1c(-c2cc(Cl)sc2Cl)nn(C)c1N. The highest BCUT2D eigenvalue weighted by Gasteiger charge is 2.20. The Bertz CT molecular complexity index is 572. The largest absolute Gasteiger partial charge is 0.384 e. The van der Waals surface area contributed by atoms with Gasteiger partial charge in [0, 0.05) is 18.2 Å². The molecule has 0 aromatic carbocycles. The molecule has 2 heterocycles. The molecule has 0 fully saturated rings. The fourth-order valence-electron chi connectivity index (χ4n) is 1.91. The van der Waals surface area contributed by atoms with Crippen LogP contribution in [0.5, 0.6) is 0 Å². The smallest absolute Gasteiger partial charge is 0.125 e. The summed E-state index contributed by atoms with van der Waals surface area (Å²) in [5, 5.41) is 4.46. The number of anilines is 1. The van der Waals surface area contributed by atoms with E-state index in [2.05, 4.69) is 18.9 Å². The van der Waals surface area contributed by atoms with Crippen molar-refractivity contribution in [2.24, 2.45) is 13.0 Å². The van der Waals surface area contributed by atoms with Crippen molar-refractivity contribution >= 4 is 40.4 Å². The molecule has 18 heavy (non-hydrogen) atoms. The predicted molar refractivity (Wildman–Crippen MR) is 79.5 cm³/mol. The van der Waals surface area contributed by atoms with E-state index < -0.39 is 0 Å². The van der Waals surface area contributed by atoms with Crippen LogP contribution < -0.4 is 5.73 Å². The van der Waals surface area contributed by atoms with Gasteiger partial charge in [-0.25, -0.2) is 0 Å². The van der Waals surface area contributed by atoms with Gasteiger partial charge in [-0.1, -0.05) is 37.0 Å². The highest BCUT2D eigenvalue weighted by Crippen LogP contribution is 2.40. The summed E-state index contributed by atoms with van der Waals surface area (Å²) >= 11 is 13.5. The zero-order chi connectivity index (χ0) is 13.4. The van der Waals surface area contributed by atoms with E-state index in [1.54, 1.807) is 4.68 Å². The number of nitrogens with zero attached hydrogens (tertiary/aromatic N) is 2. The first kappa shape index (κ1) is 13.7. The van der Waals surface area contributed by atoms with E-state index in [0.717, 1.165) is 23.2 Å². The van der Waals surface area contributed by atoms with Gasteiger partial charge in [-0.15, -0.1) is 11.3 Å². The molecule has 0 atom stereocenters. The van der Waals surface area contributed by atoms with E-state index in [4.69, 9.17) is 28.9 Å². The topological polar surface area (TPSA) is 43.8 Å². The Morgan fingerprint density at radius 2 is 2.11 bits per heavy atom. The average Bonchev–Trinajstić information content (AvgIpc) is 2.72. The highest BCUT2D eigenvalue weighted by atomic mass is 35.5. The van der Waals surface area contributed by atoms with Crippen molar-refractivity contribution < 1.29 is 0 Å². The van der Waals surface area contributed by atoms with Gasteiger partial charge in [0.05, 0.1) is 4.34 Å². The number of nitrogens with two attached hydrogens (primary N) is 1. The Labute approximate surface area is 121 Å². The number of thiophene rings is 1. The zero-order valence-electron chi connectivity index (χ0n) is 10.5. The minimum Gasteiger partial charge on any atom is -0.384 e. The van der Waals surface area contributed by atoms with E-state index in [1.165, 1.54) is 11.3 Å². The standard InChI is InChI=1S/C12H15Cl2N3S/c1-6(2)4-8-10(16-17(3)12(8)15)7-5-9(13)18-11(7)14/h5-6H,4,15H2,1-3H3. The maximum absolute atomic E-state index is 6.19. The fourth-order valence-corrected chi connectivity index (χ4v) is 3.37. The summed E-state index contributed by atoms with van der Waals surface area (Å²) in [6.07, 6.45) is 0.874. The molecule has 0 bridgehead atoms. The van der Waals surface area contributed by atoms with Crippen LogP contribution in [0, 0.1) is 5.92 Å². The minimum atomic E-state index is 0.503. The van der Waals surface area contributed by atoms with Crippen LogP contribution in [-0.4, -0.2) is 9.78 Å². The third-order valence-corrected chi connectivity index (χ3v) is 4.21. The molecular weight excluding hydrogens is 289 g/mol. The zero-order valence-corrected chi connectivity index (χ0v) is 12.8. The van der Waals surface area contributed by atoms with Crippen molar-refractivity contribution in [1.29, 1.82) is 0 Å². The summed E-state index contributed by atoms with van der Waals surface area (Å²) in [6.45, 7) is 4.30. The van der Waals surface area contributed by atoms with Gasteiger partial charge in [0.15, 0.2) is 0 Å². The second-order valence-electron chi connectivity index (χ2n) is 4.67. The minimum absolute atomic E-state index is 0.503. The van der Waals surface area contributed by atoms with Gasteiger partial charge in [0.2, 0.25) is 0 Å². The third kappa shape index (κ3) is 2.51. The average molecular weight is 304 g/mol. The van der Waals surface area contributed by atoms with Gasteiger partial charge in [-0.05, 0) is 18.4 Å². The van der Waals surface area contributed by atoms with Crippen LogP contribution >= 0.6 is 34.5 Å². The number of hydrogen-bond donors (Lipinski definition) is 1. The first-order chi connectivity index (χ1) is 8.40. The molecule has 2 N–H and O–H groups in total. The van der Waals surface area contributed by atoms with E-state index in [9.17, 15) is 0 Å². The Morgan fingerprint density at radius 3 is 2.61 bits per heavy atom. The normalized spacial score (nSPS) is 11.4. The summed E-state index contributed by atoms with van der Waals surface area (Å²) in [4.78, 5) is 0. The van der Waals surface area contributed by atoms with E-state index in [0.29, 0.717) is 20.4 Å². The van der Waals surface area contributed by atoms with Crippen LogP contribution in [0.2, 0.25) is 8.67 Å². The van der Waals surface area contributed by atoms with Gasteiger partial charge in [0.25, 0.3) is 0 Å². The number of nitrogen functional groups attached to an aromatic ring is 1. The molecule has 2 rings (SSSR count). The van der Waals surface area contributed by atoms with Crippen LogP contribution in [-0.2, 0) is 13.5 Å². The first-order valence-corrected chi connectivity index (χ1v) is 7.24. The molecule has 2 aromatic rings. The van der Waals surface area contributed by atoms with Crippen LogP contribution in [0.1, 0.15) is 19.4 Å². The number of halogens is 2. The molecule has 0 unspecified atom stereocenters. The summed E-state index contributed by atoms with van der Waals surface area (Å²) in [5.74, 6) is 1.19. The van der Waals surface area contributed by atoms with Crippen molar-refractivity contribution in [2.45, 2.75) is 20.3 Å². The lowest BCUT2D eigenvalue weighted by Crippen LogP contribution is -2.02. The Hall–Kier alpha value is -0.710. The van der Waals surface area contributed by atoms with Gasteiger partial charge in [0.1, 0.15) is 15.8 Å². The van der Waals surface area contributed by atoms with Crippen LogP contribution in [0.15, 0.2) is 6.07 Å². The lowest BCUT2D eigenvalue weighted by molar-refractivity contribution is 0.648. The van der Waals surface area contributed by atoms with E-state index in [-0.39, 0.29) is 0 Å². The van der Waals surface area contributed by atoms with Crippen molar-refractivity contribution in [2.75, 3.05) is 5.73 Å². The molecule has 0 amide bonds. The molecule has 98 valence electrons. The van der Waals surface area contributed by atoms with E-state index in [1.807, 2.05) is 13.1 Å². The number of aromatic nitrogens is 2. The molecule has 0 saturated heterocycles. The summed E-state index contributed by atoms with van der Waals surface area (Å²) in [6, 6.07) is 1.85. The van der Waals surface area contributed by atoms with Crippen LogP contribution in [0.25, 0.3) is 11.3 Å². The quantitative estimate of drug-likeness (QED) is 0.922. The molecule has 0 radical (unpaired) electrons. The first-order valence-electron chi connectivity index (χ1n) is 5.66. The Morgan fingerprint density at radius 1 is 1.44 bits per heavy atom. The number of hydrogen-bond acceptors (Lipinski definition) is 3. The maximum Gasteiger partial charge on any atom is 0.125 e. The van der Waals surface area contributed by atoms with Crippen molar-refractivity contribution in [1.82, 2.24) is 9.78 Å². The number of rotatable bonds is 3. The fraction of sp³-hybridized carbons (Fsp3) is 0.417. The molecule has 0 saturated carbocycles. The molecule has 0 aliphatic rings. The lowest BCUT2D eigenvalue weighted by Gasteiger charge is -2.06. The van der Waals surface area contributed by atoms with Gasteiger partial charge in [-0.3, -0.25) is 4.68 Å². The molecular formula is C12H15Cl2N3S. The molecule has 0 aliphatic carbocycles. The monoisotopic (exact) mass is 303 g/mol. The molecule has 6 heteroatoms. The maximum atomic E-state index is 6.19. The molecule has 0 spiro atoms. The Kier molecular flexibility index (Phi) is 3.90. The summed E-state index contributed by atoms with van der Waals surface area (Å²) < 4.78 is 3.01. The molecule has 3 nitrogen and oxygen atoms in total. The molecule has 0 aliphatic heterocycles.